The zero-order valence-corrected chi connectivity index (χ0v) is 25.7. The number of nitrogens with one attached hydrogen (secondary N) is 2. The summed E-state index contributed by atoms with van der Waals surface area (Å²) >= 11 is 0. The molecule has 1 aliphatic heterocycles. The van der Waals surface area contributed by atoms with Crippen LogP contribution in [0.15, 0.2) is 36.5 Å². The number of pyridine rings is 1. The lowest BCUT2D eigenvalue weighted by molar-refractivity contribution is -0.143. The minimum absolute atomic E-state index is 0.00167. The summed E-state index contributed by atoms with van der Waals surface area (Å²) in [5, 5.41) is 15.4. The number of anilines is 3. The van der Waals surface area contributed by atoms with E-state index in [1.807, 2.05) is 0 Å². The predicted molar refractivity (Wildman–Crippen MR) is 158 cm³/mol. The maximum atomic E-state index is 13.6. The number of ether oxygens (including phenoxy) is 2. The number of benzene rings is 1. The molecular formula is C30H30F6N6O6. The highest BCUT2D eigenvalue weighted by atomic mass is 19.4. The highest BCUT2D eigenvalue weighted by molar-refractivity contribution is 5.93. The number of rotatable bonds is 10. The smallest absolute Gasteiger partial charge is 0.416 e. The van der Waals surface area contributed by atoms with Crippen molar-refractivity contribution in [2.45, 2.75) is 63.5 Å². The summed E-state index contributed by atoms with van der Waals surface area (Å²) in [4.78, 5) is 50.4. The van der Waals surface area contributed by atoms with Crippen LogP contribution in [0, 0.1) is 0 Å². The zero-order valence-electron chi connectivity index (χ0n) is 25.7. The number of hydrogen-bond donors (Lipinski definition) is 3. The normalized spacial score (nSPS) is 16.1. The quantitative estimate of drug-likeness (QED) is 0.166. The topological polar surface area (TPSA) is 156 Å². The number of esters is 1. The van der Waals surface area contributed by atoms with Crippen molar-refractivity contribution in [2.75, 3.05) is 29.8 Å². The number of carboxylic acid groups (broad SMARTS) is 1. The van der Waals surface area contributed by atoms with Gasteiger partial charge in [-0.1, -0.05) is 6.92 Å². The van der Waals surface area contributed by atoms with Gasteiger partial charge >= 0.3 is 24.4 Å². The first-order chi connectivity index (χ1) is 22.5. The van der Waals surface area contributed by atoms with Crippen LogP contribution in [0.3, 0.4) is 0 Å². The van der Waals surface area contributed by atoms with E-state index in [4.69, 9.17) is 4.74 Å². The second-order valence-corrected chi connectivity index (χ2v) is 10.7. The molecule has 18 heteroatoms. The maximum Gasteiger partial charge on any atom is 0.416 e. The van der Waals surface area contributed by atoms with Crippen LogP contribution in [0.5, 0.6) is 5.88 Å². The summed E-state index contributed by atoms with van der Waals surface area (Å²) in [6, 6.07) is 2.88. The van der Waals surface area contributed by atoms with Gasteiger partial charge in [-0.15, -0.1) is 0 Å². The van der Waals surface area contributed by atoms with Crippen LogP contribution in [0.25, 0.3) is 0 Å². The lowest BCUT2D eigenvalue weighted by Gasteiger charge is -2.38. The third-order valence-electron chi connectivity index (χ3n) is 7.47. The molecule has 0 saturated carbocycles. The number of carbonyl (C=O) groups excluding carboxylic acids is 2. The molecular weight excluding hydrogens is 654 g/mol. The van der Waals surface area contributed by atoms with Crippen LogP contribution in [-0.2, 0) is 33.1 Å². The van der Waals surface area contributed by atoms with Crippen LogP contribution < -0.4 is 20.3 Å². The Bertz CT molecular complexity index is 1650. The van der Waals surface area contributed by atoms with Crippen LogP contribution in [-0.4, -0.2) is 58.3 Å². The fourth-order valence-electron chi connectivity index (χ4n) is 5.17. The molecule has 258 valence electrons. The fourth-order valence-corrected chi connectivity index (χ4v) is 5.17. The molecule has 0 bridgehead atoms. The average molecular weight is 685 g/mol. The number of hydrogen-bond acceptors (Lipinski definition) is 9. The molecule has 0 spiro atoms. The monoisotopic (exact) mass is 684 g/mol. The molecule has 3 aromatic rings. The minimum atomic E-state index is -5.10. The number of fused-ring (bicyclic) bond motifs is 1. The third kappa shape index (κ3) is 8.40. The highest BCUT2D eigenvalue weighted by Crippen LogP contribution is 2.40. The second-order valence-electron chi connectivity index (χ2n) is 10.7. The van der Waals surface area contributed by atoms with Gasteiger partial charge in [-0.2, -0.15) is 26.3 Å². The number of alkyl halides is 6. The summed E-state index contributed by atoms with van der Waals surface area (Å²) < 4.78 is 91.3. The van der Waals surface area contributed by atoms with Gasteiger partial charge in [-0.3, -0.25) is 14.5 Å². The Kier molecular flexibility index (Phi) is 10.6. The van der Waals surface area contributed by atoms with Gasteiger partial charge in [0.2, 0.25) is 17.7 Å². The van der Waals surface area contributed by atoms with Crippen molar-refractivity contribution in [3.8, 4) is 5.88 Å². The van der Waals surface area contributed by atoms with Crippen molar-refractivity contribution in [2.24, 2.45) is 0 Å². The number of halogens is 6. The van der Waals surface area contributed by atoms with E-state index in [-0.39, 0.29) is 59.9 Å². The molecule has 0 aliphatic carbocycles. The molecule has 3 heterocycles. The molecule has 3 N–H and O–H groups in total. The van der Waals surface area contributed by atoms with Crippen molar-refractivity contribution in [1.82, 2.24) is 15.0 Å². The van der Waals surface area contributed by atoms with Crippen LogP contribution in [0.4, 0.5) is 48.5 Å². The Hall–Kier alpha value is -5.16. The molecule has 48 heavy (non-hydrogen) atoms. The first-order valence-corrected chi connectivity index (χ1v) is 14.4. The van der Waals surface area contributed by atoms with E-state index in [0.29, 0.717) is 18.6 Å². The van der Waals surface area contributed by atoms with E-state index in [9.17, 15) is 45.8 Å². The largest absolute Gasteiger partial charge is 0.481 e. The first kappa shape index (κ1) is 35.7. The summed E-state index contributed by atoms with van der Waals surface area (Å²) in [6.45, 7) is 1.79. The molecule has 0 radical (unpaired) electrons. The molecule has 2 amide bonds. The van der Waals surface area contributed by atoms with Gasteiger partial charge in [-0.05, 0) is 42.7 Å². The van der Waals surface area contributed by atoms with Crippen LogP contribution in [0.1, 0.15) is 66.7 Å². The van der Waals surface area contributed by atoms with E-state index in [2.05, 4.69) is 30.3 Å². The summed E-state index contributed by atoms with van der Waals surface area (Å²) in [5.41, 5.74) is -3.23. The molecule has 1 aliphatic rings. The minimum Gasteiger partial charge on any atom is -0.481 e. The number of carbonyl (C=O) groups is 3. The Morgan fingerprint density at radius 2 is 1.67 bits per heavy atom. The van der Waals surface area contributed by atoms with E-state index >= 15 is 0 Å². The number of methoxy groups -OCH3 is 2. The van der Waals surface area contributed by atoms with E-state index in [1.165, 1.54) is 24.1 Å². The molecule has 0 unspecified atom stereocenters. The molecule has 12 nitrogen and oxygen atoms in total. The van der Waals surface area contributed by atoms with Gasteiger partial charge in [0, 0.05) is 24.9 Å². The fraction of sp³-hybridized carbons (Fsp3) is 0.400. The predicted octanol–water partition coefficient (Wildman–Crippen LogP) is 6.22. The maximum absolute atomic E-state index is 13.6. The average Bonchev–Trinajstić information content (AvgIpc) is 3.03. The van der Waals surface area contributed by atoms with Gasteiger partial charge in [0.25, 0.3) is 0 Å². The number of nitrogens with zero attached hydrogens (tertiary/aromatic N) is 4. The molecule has 0 saturated heterocycles. The van der Waals surface area contributed by atoms with Crippen molar-refractivity contribution >= 4 is 35.3 Å². The van der Waals surface area contributed by atoms with Gasteiger partial charge < -0.3 is 25.2 Å². The van der Waals surface area contributed by atoms with Gasteiger partial charge in [-0.25, -0.2) is 19.7 Å². The SMILES string of the molecule is CC[C@@H]1C[C@H](Nc2ncc(NC(=O)CCC(=O)OC)c(Cc3cc(C(F)(F)F)cc(C(F)(F)F)c3)n2)c2nc(OC)ccc2N1C(=O)O. The third-order valence-corrected chi connectivity index (χ3v) is 7.47. The van der Waals surface area contributed by atoms with Crippen LogP contribution >= 0.6 is 0 Å². The summed E-state index contributed by atoms with van der Waals surface area (Å²) in [5.74, 6) is -1.37. The van der Waals surface area contributed by atoms with Gasteiger partial charge in [0.05, 0.1) is 66.8 Å². The van der Waals surface area contributed by atoms with E-state index < -0.39 is 65.5 Å². The second kappa shape index (κ2) is 14.3. The molecule has 1 aromatic carbocycles. The van der Waals surface area contributed by atoms with Crippen molar-refractivity contribution in [3.05, 3.63) is 64.6 Å². The molecule has 2 aromatic heterocycles. The van der Waals surface area contributed by atoms with Gasteiger partial charge in [0.1, 0.15) is 0 Å². The zero-order chi connectivity index (χ0) is 35.4. The van der Waals surface area contributed by atoms with Crippen molar-refractivity contribution in [3.63, 3.8) is 0 Å². The Labute approximate surface area is 269 Å². The lowest BCUT2D eigenvalue weighted by Crippen LogP contribution is -2.45. The van der Waals surface area contributed by atoms with E-state index in [0.717, 1.165) is 13.3 Å². The summed E-state index contributed by atoms with van der Waals surface area (Å²) in [6.07, 6.45) is -10.9. The Morgan fingerprint density at radius 1 is 1.00 bits per heavy atom. The number of amides is 2. The van der Waals surface area contributed by atoms with Gasteiger partial charge in [0.15, 0.2) is 0 Å². The Morgan fingerprint density at radius 3 is 2.23 bits per heavy atom. The first-order valence-electron chi connectivity index (χ1n) is 14.4. The summed E-state index contributed by atoms with van der Waals surface area (Å²) in [7, 11) is 2.50. The Balaban J connectivity index is 1.76. The van der Waals surface area contributed by atoms with Crippen molar-refractivity contribution in [1.29, 1.82) is 0 Å². The standard InChI is InChI=1S/C30H30F6N6O6/c1-4-18-13-20(26-22(42(18)28(45)46)5-7-24(41-26)47-2)40-27-37-14-21(38-23(43)6-8-25(44)48-3)19(39-27)11-15-9-16(29(31,32)33)12-17(10-15)30(34,35)36/h5,7,9-10,12,14,18,20H,4,6,8,11,13H2,1-3H3,(H,38,43)(H,45,46)(H,37,39,40)/t18-,20+/m1/s1. The molecule has 0 fully saturated rings. The van der Waals surface area contributed by atoms with Crippen LogP contribution in [0.2, 0.25) is 0 Å². The number of aromatic nitrogens is 3. The van der Waals surface area contributed by atoms with E-state index in [1.54, 1.807) is 6.92 Å². The van der Waals surface area contributed by atoms with Crippen molar-refractivity contribution < 1.29 is 55.3 Å². The lowest BCUT2D eigenvalue weighted by atomic mass is 9.93. The molecule has 2 atom stereocenters. The highest BCUT2D eigenvalue weighted by Gasteiger charge is 2.38. The molecule has 4 rings (SSSR count).